The summed E-state index contributed by atoms with van der Waals surface area (Å²) in [6.07, 6.45) is 8.43. The summed E-state index contributed by atoms with van der Waals surface area (Å²) >= 11 is 0. The molecule has 0 N–H and O–H groups in total. The van der Waals surface area contributed by atoms with Crippen molar-refractivity contribution in [1.82, 2.24) is 0 Å². The van der Waals surface area contributed by atoms with E-state index in [0.717, 1.165) is 17.8 Å². The molecule has 0 atom stereocenters. The predicted octanol–water partition coefficient (Wildman–Crippen LogP) is 5.21. The first-order valence-electron chi connectivity index (χ1n) is 5.70. The number of allylic oxidation sites excluding steroid dienone is 3. The molecule has 0 amide bonds. The first-order valence-corrected chi connectivity index (χ1v) is 5.70. The lowest BCUT2D eigenvalue weighted by molar-refractivity contribution is 0.604. The van der Waals surface area contributed by atoms with Gasteiger partial charge in [0.25, 0.3) is 0 Å². The van der Waals surface area contributed by atoms with Crippen molar-refractivity contribution in [3.05, 3.63) is 67.5 Å². The summed E-state index contributed by atoms with van der Waals surface area (Å²) in [4.78, 5) is 0. The third-order valence-electron chi connectivity index (χ3n) is 2.13. The van der Waals surface area contributed by atoms with Crippen molar-refractivity contribution in [3.63, 3.8) is 0 Å². The number of hydrogen-bond donors (Lipinski definition) is 0. The molecule has 0 bridgehead atoms. The standard InChI is InChI=1S/C12H12O.C4H6/c1-2-3-7-11-9-10-6-4-5-8-12(10)13-11;1-3-4-2/h3-9H,2H2,1H3;3-4H,1-2H2/b7-3+;. The van der Waals surface area contributed by atoms with Gasteiger partial charge in [-0.3, -0.25) is 0 Å². The zero-order valence-electron chi connectivity index (χ0n) is 10.2. The summed E-state index contributed by atoms with van der Waals surface area (Å²) in [5, 5.41) is 1.17. The molecule has 17 heavy (non-hydrogen) atoms. The number of furan rings is 1. The first-order chi connectivity index (χ1) is 8.31. The number of fused-ring (bicyclic) bond motifs is 1. The van der Waals surface area contributed by atoms with E-state index in [1.165, 1.54) is 5.39 Å². The molecule has 0 saturated carbocycles. The van der Waals surface area contributed by atoms with Crippen molar-refractivity contribution < 1.29 is 4.42 Å². The Labute approximate surface area is 103 Å². The second-order valence-corrected chi connectivity index (χ2v) is 3.47. The van der Waals surface area contributed by atoms with Gasteiger partial charge in [-0.15, -0.1) is 0 Å². The molecule has 1 aromatic carbocycles. The van der Waals surface area contributed by atoms with Gasteiger partial charge in [-0.1, -0.05) is 56.5 Å². The van der Waals surface area contributed by atoms with Gasteiger partial charge in [-0.05, 0) is 24.6 Å². The molecule has 0 unspecified atom stereocenters. The second-order valence-electron chi connectivity index (χ2n) is 3.47. The monoisotopic (exact) mass is 226 g/mol. The SMILES string of the molecule is C=CC=C.CC/C=C/c1cc2ccccc2o1. The third-order valence-corrected chi connectivity index (χ3v) is 2.13. The maximum Gasteiger partial charge on any atom is 0.134 e. The Balaban J connectivity index is 0.000000317. The van der Waals surface area contributed by atoms with E-state index in [2.05, 4.69) is 38.3 Å². The maximum absolute atomic E-state index is 5.58. The highest BCUT2D eigenvalue weighted by molar-refractivity contribution is 5.79. The van der Waals surface area contributed by atoms with Gasteiger partial charge in [-0.2, -0.15) is 0 Å². The molecule has 2 rings (SSSR count). The van der Waals surface area contributed by atoms with Crippen LogP contribution in [-0.4, -0.2) is 0 Å². The highest BCUT2D eigenvalue weighted by Gasteiger charge is 1.97. The Kier molecular flexibility index (Phi) is 5.59. The zero-order valence-corrected chi connectivity index (χ0v) is 10.2. The molecule has 0 aliphatic carbocycles. The summed E-state index contributed by atoms with van der Waals surface area (Å²) in [5.74, 6) is 0.933. The van der Waals surface area contributed by atoms with Crippen molar-refractivity contribution in [2.75, 3.05) is 0 Å². The number of benzene rings is 1. The molecule has 1 heteroatoms. The van der Waals surface area contributed by atoms with Gasteiger partial charge < -0.3 is 4.42 Å². The highest BCUT2D eigenvalue weighted by atomic mass is 16.3. The van der Waals surface area contributed by atoms with E-state index in [9.17, 15) is 0 Å². The Morgan fingerprint density at radius 1 is 1.18 bits per heavy atom. The molecule has 1 heterocycles. The Bertz CT molecular complexity index is 464. The molecule has 1 nitrogen and oxygen atoms in total. The molecule has 2 aromatic rings. The maximum atomic E-state index is 5.58. The Morgan fingerprint density at radius 2 is 1.88 bits per heavy atom. The van der Waals surface area contributed by atoms with Crippen molar-refractivity contribution in [1.29, 1.82) is 0 Å². The summed E-state index contributed by atoms with van der Waals surface area (Å²) < 4.78 is 5.58. The highest BCUT2D eigenvalue weighted by Crippen LogP contribution is 2.19. The van der Waals surface area contributed by atoms with E-state index in [-0.39, 0.29) is 0 Å². The summed E-state index contributed by atoms with van der Waals surface area (Å²) in [5.41, 5.74) is 0.957. The van der Waals surface area contributed by atoms with Crippen molar-refractivity contribution in [2.45, 2.75) is 13.3 Å². The van der Waals surface area contributed by atoms with Crippen molar-refractivity contribution >= 4 is 17.0 Å². The van der Waals surface area contributed by atoms with E-state index >= 15 is 0 Å². The van der Waals surface area contributed by atoms with Gasteiger partial charge >= 0.3 is 0 Å². The summed E-state index contributed by atoms with van der Waals surface area (Å²) in [6.45, 7) is 8.83. The molecule has 0 aliphatic heterocycles. The van der Waals surface area contributed by atoms with Crippen LogP contribution in [0.4, 0.5) is 0 Å². The van der Waals surface area contributed by atoms with Crippen LogP contribution in [0.5, 0.6) is 0 Å². The number of hydrogen-bond acceptors (Lipinski definition) is 1. The summed E-state index contributed by atoms with van der Waals surface area (Å²) in [6, 6.07) is 10.1. The van der Waals surface area contributed by atoms with Gasteiger partial charge in [-0.25, -0.2) is 0 Å². The Hall–Kier alpha value is -2.02. The van der Waals surface area contributed by atoms with E-state index < -0.39 is 0 Å². The fourth-order valence-corrected chi connectivity index (χ4v) is 1.32. The van der Waals surface area contributed by atoms with Crippen molar-refractivity contribution in [3.8, 4) is 0 Å². The average Bonchev–Trinajstić information content (AvgIpc) is 2.79. The lowest BCUT2D eigenvalue weighted by atomic mass is 10.2. The molecule has 0 fully saturated rings. The minimum atomic E-state index is 0.933. The van der Waals surface area contributed by atoms with Gasteiger partial charge in [0, 0.05) is 5.39 Å². The van der Waals surface area contributed by atoms with Gasteiger partial charge in [0.1, 0.15) is 11.3 Å². The first kappa shape index (κ1) is 13.0. The third kappa shape index (κ3) is 4.15. The van der Waals surface area contributed by atoms with E-state index in [0.29, 0.717) is 0 Å². The lowest BCUT2D eigenvalue weighted by Crippen LogP contribution is -1.58. The fraction of sp³-hybridized carbons (Fsp3) is 0.125. The van der Waals surface area contributed by atoms with Crippen LogP contribution < -0.4 is 0 Å². The molecule has 1 aromatic heterocycles. The molecular formula is C16H18O. The van der Waals surface area contributed by atoms with E-state index in [1.807, 2.05) is 24.3 Å². The topological polar surface area (TPSA) is 13.1 Å². The molecule has 0 radical (unpaired) electrons. The van der Waals surface area contributed by atoms with Crippen LogP contribution >= 0.6 is 0 Å². The van der Waals surface area contributed by atoms with Crippen LogP contribution in [0.25, 0.3) is 17.0 Å². The number of rotatable bonds is 3. The molecule has 0 saturated heterocycles. The fourth-order valence-electron chi connectivity index (χ4n) is 1.32. The van der Waals surface area contributed by atoms with Crippen LogP contribution in [0.1, 0.15) is 19.1 Å². The minimum absolute atomic E-state index is 0.933. The zero-order chi connectivity index (χ0) is 12.5. The number of para-hydroxylation sites is 1. The van der Waals surface area contributed by atoms with E-state index in [4.69, 9.17) is 4.42 Å². The van der Waals surface area contributed by atoms with Crippen LogP contribution in [-0.2, 0) is 0 Å². The smallest absolute Gasteiger partial charge is 0.134 e. The lowest BCUT2D eigenvalue weighted by Gasteiger charge is -1.83. The summed E-state index contributed by atoms with van der Waals surface area (Å²) in [7, 11) is 0. The minimum Gasteiger partial charge on any atom is -0.457 e. The second kappa shape index (κ2) is 7.29. The van der Waals surface area contributed by atoms with Gasteiger partial charge in [0.15, 0.2) is 0 Å². The van der Waals surface area contributed by atoms with Crippen LogP contribution in [0, 0.1) is 0 Å². The molecule has 0 spiro atoms. The predicted molar refractivity (Wildman–Crippen MR) is 75.9 cm³/mol. The van der Waals surface area contributed by atoms with Gasteiger partial charge in [0.05, 0.1) is 0 Å². The normalized spacial score (nSPS) is 9.94. The van der Waals surface area contributed by atoms with Crippen molar-refractivity contribution in [2.24, 2.45) is 0 Å². The van der Waals surface area contributed by atoms with Gasteiger partial charge in [0.2, 0.25) is 0 Å². The van der Waals surface area contributed by atoms with Crippen LogP contribution in [0.3, 0.4) is 0 Å². The largest absolute Gasteiger partial charge is 0.457 e. The Morgan fingerprint density at radius 3 is 2.47 bits per heavy atom. The van der Waals surface area contributed by atoms with Crippen LogP contribution in [0.15, 0.2) is 66.1 Å². The van der Waals surface area contributed by atoms with Crippen LogP contribution in [0.2, 0.25) is 0 Å². The average molecular weight is 226 g/mol. The molecule has 88 valence electrons. The molecule has 0 aliphatic rings. The quantitative estimate of drug-likeness (QED) is 0.654. The molecular weight excluding hydrogens is 208 g/mol. The van der Waals surface area contributed by atoms with E-state index in [1.54, 1.807) is 12.2 Å².